The van der Waals surface area contributed by atoms with Crippen LogP contribution < -0.4 is 25.6 Å². The van der Waals surface area contributed by atoms with Gasteiger partial charge in [0.2, 0.25) is 5.43 Å². The van der Waals surface area contributed by atoms with Crippen molar-refractivity contribution in [3.05, 3.63) is 68.0 Å². The van der Waals surface area contributed by atoms with Crippen LogP contribution >= 0.6 is 0 Å². The molecule has 5 nitrogen and oxygen atoms in total. The number of ether oxygens (including phenoxy) is 2. The van der Waals surface area contributed by atoms with E-state index in [1.54, 1.807) is 32.4 Å². The van der Waals surface area contributed by atoms with Crippen LogP contribution in [0.2, 0.25) is 0 Å². The molecule has 0 saturated heterocycles. The summed E-state index contributed by atoms with van der Waals surface area (Å²) in [6, 6.07) is 10.9. The molecular weight excluding hydrogens is 318 g/mol. The van der Waals surface area contributed by atoms with Crippen molar-refractivity contribution in [2.24, 2.45) is 0 Å². The highest BCUT2D eigenvalue weighted by Crippen LogP contribution is 2.31. The summed E-state index contributed by atoms with van der Waals surface area (Å²) in [5.41, 5.74) is 3.28. The van der Waals surface area contributed by atoms with Crippen molar-refractivity contribution in [2.45, 2.75) is 13.8 Å². The average molecular weight is 337 g/mol. The van der Waals surface area contributed by atoms with Crippen molar-refractivity contribution < 1.29 is 9.47 Å². The largest absolute Gasteiger partial charge is 0.497 e. The Morgan fingerprint density at radius 2 is 1.44 bits per heavy atom. The Morgan fingerprint density at radius 1 is 0.800 bits per heavy atom. The van der Waals surface area contributed by atoms with E-state index < -0.39 is 10.9 Å². The van der Waals surface area contributed by atoms with Crippen molar-refractivity contribution in [3.8, 4) is 22.6 Å². The third-order valence-corrected chi connectivity index (χ3v) is 4.33. The molecule has 3 aromatic carbocycles. The summed E-state index contributed by atoms with van der Waals surface area (Å²) < 4.78 is 10.5. The second-order valence-electron chi connectivity index (χ2n) is 5.93. The minimum atomic E-state index is -0.519. The first-order valence-corrected chi connectivity index (χ1v) is 7.85. The zero-order chi connectivity index (χ0) is 18.1. The first-order valence-electron chi connectivity index (χ1n) is 7.85. The van der Waals surface area contributed by atoms with Gasteiger partial charge < -0.3 is 14.8 Å². The van der Waals surface area contributed by atoms with E-state index in [9.17, 15) is 9.59 Å². The quantitative estimate of drug-likeness (QED) is 0.724. The van der Waals surface area contributed by atoms with E-state index in [2.05, 4.69) is 5.32 Å². The molecule has 1 N–H and O–H groups in total. The molecule has 3 rings (SSSR count). The van der Waals surface area contributed by atoms with E-state index in [4.69, 9.17) is 9.47 Å². The number of methoxy groups -OCH3 is 2. The van der Waals surface area contributed by atoms with Crippen molar-refractivity contribution in [2.75, 3.05) is 19.5 Å². The number of rotatable bonds is 5. The van der Waals surface area contributed by atoms with E-state index >= 15 is 0 Å². The lowest BCUT2D eigenvalue weighted by molar-refractivity contribution is 0.395. The zero-order valence-electron chi connectivity index (χ0n) is 14.6. The zero-order valence-corrected chi connectivity index (χ0v) is 14.6. The standard InChI is InChI=1S/C20H19NO4/c1-11-5-6-13(7-12(11)2)17-18(20(23)19(17)22)21-14-8-15(24-3)10-16(9-14)25-4/h5-10,21H,1-4H3. The molecule has 0 spiro atoms. The van der Waals surface area contributed by atoms with Crippen LogP contribution in [0.3, 0.4) is 0 Å². The summed E-state index contributed by atoms with van der Waals surface area (Å²) in [7, 11) is 3.10. The molecule has 0 aliphatic heterocycles. The Hall–Kier alpha value is -3.08. The van der Waals surface area contributed by atoms with Crippen molar-refractivity contribution in [1.82, 2.24) is 0 Å². The van der Waals surface area contributed by atoms with E-state index in [-0.39, 0.29) is 0 Å². The number of benzene rings is 2. The Bertz CT molecular complexity index is 991. The number of aryl methyl sites for hydroxylation is 2. The first kappa shape index (κ1) is 16.8. The fourth-order valence-corrected chi connectivity index (χ4v) is 2.71. The lowest BCUT2D eigenvalue weighted by Crippen LogP contribution is -2.35. The van der Waals surface area contributed by atoms with Crippen LogP contribution in [-0.2, 0) is 0 Å². The fraction of sp³-hybridized carbons (Fsp3) is 0.200. The maximum atomic E-state index is 12.1. The molecule has 0 amide bonds. The van der Waals surface area contributed by atoms with Gasteiger partial charge in [-0.15, -0.1) is 0 Å². The monoisotopic (exact) mass is 337 g/mol. The van der Waals surface area contributed by atoms with E-state index in [0.717, 1.165) is 16.7 Å². The average Bonchev–Trinajstić information content (AvgIpc) is 2.63. The Balaban J connectivity index is 2.03. The highest BCUT2D eigenvalue weighted by atomic mass is 16.5. The third kappa shape index (κ3) is 3.01. The molecule has 3 aromatic rings. The number of anilines is 2. The highest BCUT2D eigenvalue weighted by Gasteiger charge is 2.23. The van der Waals surface area contributed by atoms with Gasteiger partial charge in [-0.3, -0.25) is 9.59 Å². The van der Waals surface area contributed by atoms with E-state index in [1.165, 1.54) is 0 Å². The third-order valence-electron chi connectivity index (χ3n) is 4.33. The van der Waals surface area contributed by atoms with Gasteiger partial charge >= 0.3 is 0 Å². The van der Waals surface area contributed by atoms with Crippen LogP contribution in [0, 0.1) is 13.8 Å². The van der Waals surface area contributed by atoms with Crippen LogP contribution in [0.4, 0.5) is 11.4 Å². The normalized spacial score (nSPS) is 10.7. The summed E-state index contributed by atoms with van der Waals surface area (Å²) in [6.45, 7) is 3.98. The van der Waals surface area contributed by atoms with Gasteiger partial charge in [0, 0.05) is 23.9 Å². The van der Waals surface area contributed by atoms with Gasteiger partial charge in [-0.25, -0.2) is 0 Å². The number of nitrogens with one attached hydrogen (secondary N) is 1. The Labute approximate surface area is 145 Å². The maximum Gasteiger partial charge on any atom is 0.250 e. The van der Waals surface area contributed by atoms with Crippen molar-refractivity contribution >= 4 is 11.4 Å². The topological polar surface area (TPSA) is 64.6 Å². The molecule has 0 atom stereocenters. The fourth-order valence-electron chi connectivity index (χ4n) is 2.71. The Morgan fingerprint density at radius 3 is 2.00 bits per heavy atom. The molecule has 128 valence electrons. The van der Waals surface area contributed by atoms with Gasteiger partial charge in [-0.05, 0) is 30.5 Å². The highest BCUT2D eigenvalue weighted by molar-refractivity contribution is 5.85. The van der Waals surface area contributed by atoms with Crippen LogP contribution in [0.15, 0.2) is 46.0 Å². The van der Waals surface area contributed by atoms with Gasteiger partial charge in [-0.2, -0.15) is 0 Å². The maximum absolute atomic E-state index is 12.1. The SMILES string of the molecule is COc1cc(Nc2c(-c3ccc(C)c(C)c3)c(=O)c2=O)cc(OC)c1. The minimum Gasteiger partial charge on any atom is -0.497 e. The smallest absolute Gasteiger partial charge is 0.250 e. The van der Waals surface area contributed by atoms with Gasteiger partial charge in [-0.1, -0.05) is 18.2 Å². The minimum absolute atomic E-state index is 0.295. The Kier molecular flexibility index (Phi) is 4.31. The number of hydrogen-bond donors (Lipinski definition) is 1. The molecule has 0 aliphatic carbocycles. The predicted molar refractivity (Wildman–Crippen MR) is 99.1 cm³/mol. The van der Waals surface area contributed by atoms with E-state index in [1.807, 2.05) is 32.0 Å². The summed E-state index contributed by atoms with van der Waals surface area (Å²) in [5, 5.41) is 3.04. The molecule has 0 aliphatic rings. The molecule has 0 fully saturated rings. The molecule has 0 unspecified atom stereocenters. The number of hydrogen-bond acceptors (Lipinski definition) is 5. The second kappa shape index (κ2) is 6.43. The molecule has 0 radical (unpaired) electrons. The summed E-state index contributed by atoms with van der Waals surface area (Å²) in [5.74, 6) is 1.18. The lowest BCUT2D eigenvalue weighted by Gasteiger charge is -2.15. The molecule has 0 aromatic heterocycles. The molecular formula is C20H19NO4. The van der Waals surface area contributed by atoms with Crippen molar-refractivity contribution in [1.29, 1.82) is 0 Å². The predicted octanol–water partition coefficient (Wildman–Crippen LogP) is 3.33. The van der Waals surface area contributed by atoms with Gasteiger partial charge in [0.15, 0.2) is 0 Å². The van der Waals surface area contributed by atoms with Crippen molar-refractivity contribution in [3.63, 3.8) is 0 Å². The molecule has 0 bridgehead atoms. The summed E-state index contributed by atoms with van der Waals surface area (Å²) in [6.07, 6.45) is 0. The van der Waals surface area contributed by atoms with Crippen LogP contribution in [0.1, 0.15) is 11.1 Å². The molecule has 0 heterocycles. The molecule has 5 heteroatoms. The summed E-state index contributed by atoms with van der Waals surface area (Å²) >= 11 is 0. The van der Waals surface area contributed by atoms with Gasteiger partial charge in [0.05, 0.1) is 19.8 Å². The first-order chi connectivity index (χ1) is 11.9. The lowest BCUT2D eigenvalue weighted by atomic mass is 9.95. The van der Waals surface area contributed by atoms with Crippen LogP contribution in [0.5, 0.6) is 11.5 Å². The van der Waals surface area contributed by atoms with Gasteiger partial charge in [0.1, 0.15) is 17.2 Å². The second-order valence-corrected chi connectivity index (χ2v) is 5.93. The van der Waals surface area contributed by atoms with E-state index in [0.29, 0.717) is 28.4 Å². The van der Waals surface area contributed by atoms with Crippen LogP contribution in [0.25, 0.3) is 11.1 Å². The molecule has 25 heavy (non-hydrogen) atoms. The summed E-state index contributed by atoms with van der Waals surface area (Å²) in [4.78, 5) is 24.2. The molecule has 0 saturated carbocycles. The van der Waals surface area contributed by atoms with Crippen LogP contribution in [-0.4, -0.2) is 14.2 Å². The van der Waals surface area contributed by atoms with Gasteiger partial charge in [0.25, 0.3) is 5.43 Å².